The highest BCUT2D eigenvalue weighted by molar-refractivity contribution is 5.46. The smallest absolute Gasteiger partial charge is 0.124 e. The summed E-state index contributed by atoms with van der Waals surface area (Å²) in [7, 11) is 0. The largest absolute Gasteiger partial charge is 0.493 e. The number of benzene rings is 1. The minimum atomic E-state index is 0.451. The van der Waals surface area contributed by atoms with Crippen LogP contribution >= 0.6 is 0 Å². The van der Waals surface area contributed by atoms with Gasteiger partial charge in [0.1, 0.15) is 11.5 Å². The molecule has 1 aromatic rings. The average molecular weight is 505 g/mol. The Morgan fingerprint density at radius 3 is 1.00 bits per heavy atom. The number of nitrogens with two attached hydrogens (primary N) is 2. The van der Waals surface area contributed by atoms with Crippen LogP contribution in [0.15, 0.2) is 12.1 Å². The summed E-state index contributed by atoms with van der Waals surface area (Å²) in [5, 5.41) is 0. The van der Waals surface area contributed by atoms with E-state index < -0.39 is 0 Å². The van der Waals surface area contributed by atoms with Crippen molar-refractivity contribution in [2.24, 2.45) is 11.5 Å². The quantitative estimate of drug-likeness (QED) is 0.123. The van der Waals surface area contributed by atoms with Crippen molar-refractivity contribution in [3.8, 4) is 11.5 Å². The Morgan fingerprint density at radius 2 is 0.722 bits per heavy atom. The van der Waals surface area contributed by atoms with E-state index >= 15 is 0 Å². The number of hydrogen-bond donors (Lipinski definition) is 2. The Kier molecular flexibility index (Phi) is 21.9. The first-order chi connectivity index (χ1) is 17.8. The zero-order chi connectivity index (χ0) is 26.1. The Hall–Kier alpha value is -1.26. The Morgan fingerprint density at radius 1 is 0.444 bits per heavy atom. The molecule has 1 aromatic carbocycles. The molecule has 0 saturated heterocycles. The third-order valence-corrected chi connectivity index (χ3v) is 7.19. The van der Waals surface area contributed by atoms with E-state index in [1.807, 2.05) is 12.1 Å². The summed E-state index contributed by atoms with van der Waals surface area (Å²) < 4.78 is 12.2. The maximum atomic E-state index is 6.12. The fourth-order valence-electron chi connectivity index (χ4n) is 4.78. The second kappa shape index (κ2) is 24.1. The van der Waals surface area contributed by atoms with Crippen molar-refractivity contribution in [3.05, 3.63) is 23.3 Å². The summed E-state index contributed by atoms with van der Waals surface area (Å²) in [5.41, 5.74) is 14.1. The standard InChI is InChI=1S/C32H60N2O2/c1-3-5-7-9-11-13-15-17-19-21-23-35-31-25-30(28-34)32(26-29(31)27-33)36-24-22-20-18-16-14-12-10-8-6-4-2/h25-26H,3-24,27-28,33-34H2,1-2H3. The minimum absolute atomic E-state index is 0.451. The van der Waals surface area contributed by atoms with Crippen LogP contribution in [-0.4, -0.2) is 13.2 Å². The lowest BCUT2D eigenvalue weighted by atomic mass is 10.1. The van der Waals surface area contributed by atoms with E-state index in [9.17, 15) is 0 Å². The molecule has 4 heteroatoms. The molecule has 0 spiro atoms. The fraction of sp³-hybridized carbons (Fsp3) is 0.812. The molecule has 210 valence electrons. The summed E-state index contributed by atoms with van der Waals surface area (Å²) in [4.78, 5) is 0. The number of ether oxygens (including phenoxy) is 2. The van der Waals surface area contributed by atoms with Crippen molar-refractivity contribution in [1.29, 1.82) is 0 Å². The first-order valence-corrected chi connectivity index (χ1v) is 15.6. The molecule has 0 bridgehead atoms. The molecule has 0 atom stereocenters. The summed E-state index contributed by atoms with van der Waals surface area (Å²) in [6, 6.07) is 4.10. The number of hydrogen-bond acceptors (Lipinski definition) is 4. The van der Waals surface area contributed by atoms with E-state index in [0.29, 0.717) is 13.1 Å². The van der Waals surface area contributed by atoms with Crippen LogP contribution in [-0.2, 0) is 13.1 Å². The lowest BCUT2D eigenvalue weighted by Crippen LogP contribution is -2.09. The summed E-state index contributed by atoms with van der Waals surface area (Å²) in [5.74, 6) is 1.75. The van der Waals surface area contributed by atoms with Gasteiger partial charge < -0.3 is 20.9 Å². The maximum absolute atomic E-state index is 6.12. The Balaban J connectivity index is 2.23. The molecule has 0 heterocycles. The predicted molar refractivity (Wildman–Crippen MR) is 157 cm³/mol. The molecule has 4 N–H and O–H groups in total. The molecular weight excluding hydrogens is 444 g/mol. The third kappa shape index (κ3) is 16.5. The summed E-state index contributed by atoms with van der Waals surface area (Å²) in [6.07, 6.45) is 26.6. The van der Waals surface area contributed by atoms with Crippen molar-refractivity contribution in [2.45, 2.75) is 155 Å². The minimum Gasteiger partial charge on any atom is -0.493 e. The normalized spacial score (nSPS) is 11.2. The molecule has 36 heavy (non-hydrogen) atoms. The highest BCUT2D eigenvalue weighted by Gasteiger charge is 2.11. The molecular formula is C32H60N2O2. The topological polar surface area (TPSA) is 70.5 Å². The van der Waals surface area contributed by atoms with E-state index in [-0.39, 0.29) is 0 Å². The summed E-state index contributed by atoms with van der Waals surface area (Å²) in [6.45, 7) is 6.94. The van der Waals surface area contributed by atoms with Gasteiger partial charge >= 0.3 is 0 Å². The molecule has 0 aliphatic heterocycles. The van der Waals surface area contributed by atoms with Gasteiger partial charge in [-0.1, -0.05) is 129 Å². The van der Waals surface area contributed by atoms with Gasteiger partial charge in [-0.15, -0.1) is 0 Å². The van der Waals surface area contributed by atoms with Gasteiger partial charge in [0, 0.05) is 24.2 Å². The monoisotopic (exact) mass is 504 g/mol. The van der Waals surface area contributed by atoms with Crippen molar-refractivity contribution >= 4 is 0 Å². The highest BCUT2D eigenvalue weighted by atomic mass is 16.5. The van der Waals surface area contributed by atoms with Crippen LogP contribution in [0, 0.1) is 0 Å². The lowest BCUT2D eigenvalue weighted by molar-refractivity contribution is 0.291. The molecule has 0 aliphatic carbocycles. The lowest BCUT2D eigenvalue weighted by Gasteiger charge is -2.16. The van der Waals surface area contributed by atoms with Crippen molar-refractivity contribution in [2.75, 3.05) is 13.2 Å². The van der Waals surface area contributed by atoms with Gasteiger partial charge in [0.25, 0.3) is 0 Å². The van der Waals surface area contributed by atoms with Crippen molar-refractivity contribution < 1.29 is 9.47 Å². The first kappa shape index (κ1) is 32.8. The molecule has 0 radical (unpaired) electrons. The molecule has 0 fully saturated rings. The van der Waals surface area contributed by atoms with Crippen LogP contribution in [0.5, 0.6) is 11.5 Å². The van der Waals surface area contributed by atoms with E-state index in [1.54, 1.807) is 0 Å². The van der Waals surface area contributed by atoms with E-state index in [2.05, 4.69) is 13.8 Å². The Bertz CT molecular complexity index is 567. The van der Waals surface area contributed by atoms with Gasteiger partial charge in [-0.2, -0.15) is 0 Å². The van der Waals surface area contributed by atoms with Crippen LogP contribution < -0.4 is 20.9 Å². The zero-order valence-corrected chi connectivity index (χ0v) is 24.1. The number of rotatable bonds is 26. The highest BCUT2D eigenvalue weighted by Crippen LogP contribution is 2.29. The average Bonchev–Trinajstić information content (AvgIpc) is 2.90. The molecule has 4 nitrogen and oxygen atoms in total. The molecule has 0 aliphatic rings. The molecule has 0 unspecified atom stereocenters. The van der Waals surface area contributed by atoms with Gasteiger partial charge in [0.15, 0.2) is 0 Å². The molecule has 1 rings (SSSR count). The van der Waals surface area contributed by atoms with E-state index in [4.69, 9.17) is 20.9 Å². The van der Waals surface area contributed by atoms with Gasteiger partial charge in [-0.05, 0) is 25.0 Å². The third-order valence-electron chi connectivity index (χ3n) is 7.19. The van der Waals surface area contributed by atoms with Crippen LogP contribution in [0.3, 0.4) is 0 Å². The van der Waals surface area contributed by atoms with Crippen molar-refractivity contribution in [3.63, 3.8) is 0 Å². The Labute approximate surface area is 224 Å². The van der Waals surface area contributed by atoms with Crippen LogP contribution in [0.1, 0.15) is 153 Å². The fourth-order valence-corrected chi connectivity index (χ4v) is 4.78. The number of unbranched alkanes of at least 4 members (excludes halogenated alkanes) is 18. The van der Waals surface area contributed by atoms with Gasteiger partial charge in [0.05, 0.1) is 13.2 Å². The zero-order valence-electron chi connectivity index (χ0n) is 24.1. The van der Waals surface area contributed by atoms with E-state index in [1.165, 1.54) is 116 Å². The van der Waals surface area contributed by atoms with Crippen LogP contribution in [0.25, 0.3) is 0 Å². The SMILES string of the molecule is CCCCCCCCCCCCOc1cc(CN)c(OCCCCCCCCCCCC)cc1CN. The molecule has 0 amide bonds. The molecule has 0 saturated carbocycles. The van der Waals surface area contributed by atoms with E-state index in [0.717, 1.165) is 48.7 Å². The maximum Gasteiger partial charge on any atom is 0.124 e. The van der Waals surface area contributed by atoms with Crippen molar-refractivity contribution in [1.82, 2.24) is 0 Å². The molecule has 0 aromatic heterocycles. The van der Waals surface area contributed by atoms with Gasteiger partial charge in [-0.25, -0.2) is 0 Å². The second-order valence-corrected chi connectivity index (χ2v) is 10.5. The first-order valence-electron chi connectivity index (χ1n) is 15.6. The summed E-state index contributed by atoms with van der Waals surface area (Å²) >= 11 is 0. The van der Waals surface area contributed by atoms with Crippen LogP contribution in [0.2, 0.25) is 0 Å². The van der Waals surface area contributed by atoms with Gasteiger partial charge in [0.2, 0.25) is 0 Å². The second-order valence-electron chi connectivity index (χ2n) is 10.5. The van der Waals surface area contributed by atoms with Crippen LogP contribution in [0.4, 0.5) is 0 Å². The van der Waals surface area contributed by atoms with Gasteiger partial charge in [-0.3, -0.25) is 0 Å². The predicted octanol–water partition coefficient (Wildman–Crippen LogP) is 9.20.